The normalized spacial score (nSPS) is 22.5. The summed E-state index contributed by atoms with van der Waals surface area (Å²) in [6, 6.07) is 0.00199. The lowest BCUT2D eigenvalue weighted by atomic mass is 10.3. The Balaban J connectivity index is 0.00000144. The zero-order valence-corrected chi connectivity index (χ0v) is 9.85. The van der Waals surface area contributed by atoms with Crippen LogP contribution < -0.4 is 0 Å². The summed E-state index contributed by atoms with van der Waals surface area (Å²) in [5.74, 6) is -0.0585. The number of imide groups is 1. The standard InChI is InChI=1S/C8H13NO2S.H2S/c1-5(2)9-7(10)4-6(12-3)8(9)11;/h5-6H,4H2,1-3H3;1H2. The van der Waals surface area contributed by atoms with Gasteiger partial charge in [0, 0.05) is 12.5 Å². The predicted octanol–water partition coefficient (Wildman–Crippen LogP) is 0.998. The molecule has 3 nitrogen and oxygen atoms in total. The average Bonchev–Trinajstić information content (AvgIpc) is 2.25. The zero-order chi connectivity index (χ0) is 9.30. The van der Waals surface area contributed by atoms with E-state index in [0.29, 0.717) is 6.42 Å². The van der Waals surface area contributed by atoms with Crippen molar-refractivity contribution < 1.29 is 9.59 Å². The fourth-order valence-corrected chi connectivity index (χ4v) is 1.97. The smallest absolute Gasteiger partial charge is 0.243 e. The van der Waals surface area contributed by atoms with Gasteiger partial charge < -0.3 is 0 Å². The minimum Gasteiger partial charge on any atom is -0.279 e. The molecule has 5 heteroatoms. The summed E-state index contributed by atoms with van der Waals surface area (Å²) >= 11 is 1.45. The minimum absolute atomic E-state index is 0. The maximum absolute atomic E-state index is 11.5. The van der Waals surface area contributed by atoms with Crippen LogP contribution in [-0.2, 0) is 9.59 Å². The van der Waals surface area contributed by atoms with Crippen molar-refractivity contribution >= 4 is 37.1 Å². The lowest BCUT2D eigenvalue weighted by Gasteiger charge is -2.18. The lowest BCUT2D eigenvalue weighted by molar-refractivity contribution is -0.140. The Morgan fingerprint density at radius 1 is 1.46 bits per heavy atom. The molecule has 0 N–H and O–H groups in total. The van der Waals surface area contributed by atoms with Gasteiger partial charge in [0.15, 0.2) is 0 Å². The van der Waals surface area contributed by atoms with Crippen molar-refractivity contribution in [1.29, 1.82) is 0 Å². The first-order valence-corrected chi connectivity index (χ1v) is 5.25. The van der Waals surface area contributed by atoms with Crippen LogP contribution in [0.25, 0.3) is 0 Å². The molecule has 1 saturated heterocycles. The van der Waals surface area contributed by atoms with E-state index in [9.17, 15) is 9.59 Å². The summed E-state index contributed by atoms with van der Waals surface area (Å²) in [6.07, 6.45) is 2.23. The molecule has 1 aliphatic heterocycles. The highest BCUT2D eigenvalue weighted by molar-refractivity contribution is 8.00. The first kappa shape index (κ1) is 12.8. The highest BCUT2D eigenvalue weighted by atomic mass is 32.2. The Labute approximate surface area is 89.7 Å². The number of hydrogen-bond acceptors (Lipinski definition) is 3. The summed E-state index contributed by atoms with van der Waals surface area (Å²) in [5.41, 5.74) is 0. The van der Waals surface area contributed by atoms with Crippen LogP contribution in [0.2, 0.25) is 0 Å². The molecule has 0 aromatic heterocycles. The van der Waals surface area contributed by atoms with E-state index in [4.69, 9.17) is 0 Å². The Hall–Kier alpha value is -0.160. The fraction of sp³-hybridized carbons (Fsp3) is 0.750. The number of rotatable bonds is 2. The number of thioether (sulfide) groups is 1. The van der Waals surface area contributed by atoms with Gasteiger partial charge in [-0.1, -0.05) is 0 Å². The molecular weight excluding hydrogens is 206 g/mol. The molecular formula is C8H15NO2S2. The number of carbonyl (C=O) groups excluding carboxylic acids is 2. The second-order valence-corrected chi connectivity index (χ2v) is 4.16. The molecule has 1 atom stereocenters. The van der Waals surface area contributed by atoms with E-state index in [2.05, 4.69) is 0 Å². The molecule has 76 valence electrons. The molecule has 0 radical (unpaired) electrons. The van der Waals surface area contributed by atoms with Crippen molar-refractivity contribution in [3.05, 3.63) is 0 Å². The van der Waals surface area contributed by atoms with Crippen molar-refractivity contribution in [2.45, 2.75) is 31.6 Å². The van der Waals surface area contributed by atoms with Crippen LogP contribution in [0.4, 0.5) is 0 Å². The molecule has 1 aliphatic rings. The summed E-state index contributed by atoms with van der Waals surface area (Å²) < 4.78 is 0. The lowest BCUT2D eigenvalue weighted by Crippen LogP contribution is -2.37. The first-order chi connectivity index (χ1) is 5.57. The van der Waals surface area contributed by atoms with Gasteiger partial charge in [-0.05, 0) is 20.1 Å². The van der Waals surface area contributed by atoms with Gasteiger partial charge in [0.25, 0.3) is 0 Å². The Morgan fingerprint density at radius 3 is 2.23 bits per heavy atom. The van der Waals surface area contributed by atoms with Crippen LogP contribution in [0.5, 0.6) is 0 Å². The van der Waals surface area contributed by atoms with Crippen LogP contribution in [0.3, 0.4) is 0 Å². The van der Waals surface area contributed by atoms with Crippen molar-refractivity contribution in [3.63, 3.8) is 0 Å². The third kappa shape index (κ3) is 2.40. The molecule has 2 amide bonds. The fourth-order valence-electron chi connectivity index (χ4n) is 1.35. The Bertz CT molecular complexity index is 218. The number of hydrogen-bond donors (Lipinski definition) is 0. The summed E-state index contributed by atoms with van der Waals surface area (Å²) in [6.45, 7) is 3.72. The highest BCUT2D eigenvalue weighted by Gasteiger charge is 2.39. The van der Waals surface area contributed by atoms with E-state index in [1.807, 2.05) is 20.1 Å². The van der Waals surface area contributed by atoms with E-state index < -0.39 is 0 Å². The molecule has 1 unspecified atom stereocenters. The molecule has 0 saturated carbocycles. The quantitative estimate of drug-likeness (QED) is 0.653. The third-order valence-corrected chi connectivity index (χ3v) is 2.88. The second kappa shape index (κ2) is 4.91. The molecule has 0 aliphatic carbocycles. The molecule has 0 spiro atoms. The molecule has 0 aromatic rings. The summed E-state index contributed by atoms with van der Waals surface area (Å²) in [4.78, 5) is 24.1. The first-order valence-electron chi connectivity index (χ1n) is 3.96. The van der Waals surface area contributed by atoms with Gasteiger partial charge in [-0.3, -0.25) is 14.5 Å². The number of nitrogens with zero attached hydrogens (tertiary/aromatic N) is 1. The highest BCUT2D eigenvalue weighted by Crippen LogP contribution is 2.24. The van der Waals surface area contributed by atoms with Crippen LogP contribution in [-0.4, -0.2) is 34.3 Å². The van der Waals surface area contributed by atoms with Crippen LogP contribution >= 0.6 is 25.3 Å². The van der Waals surface area contributed by atoms with Gasteiger partial charge in [-0.2, -0.15) is 25.3 Å². The maximum Gasteiger partial charge on any atom is 0.243 e. The predicted molar refractivity (Wildman–Crippen MR) is 59.3 cm³/mol. The molecule has 0 aromatic carbocycles. The van der Waals surface area contributed by atoms with Gasteiger partial charge in [0.2, 0.25) is 11.8 Å². The molecule has 13 heavy (non-hydrogen) atoms. The largest absolute Gasteiger partial charge is 0.279 e. The Kier molecular flexibility index (Phi) is 4.85. The number of amides is 2. The maximum atomic E-state index is 11.5. The average molecular weight is 221 g/mol. The van der Waals surface area contributed by atoms with Crippen LogP contribution in [0, 0.1) is 0 Å². The van der Waals surface area contributed by atoms with Gasteiger partial charge in [-0.15, -0.1) is 0 Å². The van der Waals surface area contributed by atoms with E-state index in [1.165, 1.54) is 16.7 Å². The van der Waals surface area contributed by atoms with E-state index >= 15 is 0 Å². The number of likely N-dealkylation sites (tertiary alicyclic amines) is 1. The topological polar surface area (TPSA) is 37.4 Å². The molecule has 1 fully saturated rings. The van der Waals surface area contributed by atoms with Gasteiger partial charge in [0.05, 0.1) is 5.25 Å². The monoisotopic (exact) mass is 221 g/mol. The second-order valence-electron chi connectivity index (χ2n) is 3.12. The Morgan fingerprint density at radius 2 is 2.00 bits per heavy atom. The zero-order valence-electron chi connectivity index (χ0n) is 8.03. The van der Waals surface area contributed by atoms with Gasteiger partial charge >= 0.3 is 0 Å². The van der Waals surface area contributed by atoms with Crippen LogP contribution in [0.15, 0.2) is 0 Å². The molecule has 0 bridgehead atoms. The molecule has 1 heterocycles. The van der Waals surface area contributed by atoms with Crippen LogP contribution in [0.1, 0.15) is 20.3 Å². The van der Waals surface area contributed by atoms with E-state index in [0.717, 1.165) is 0 Å². The minimum atomic E-state index is -0.139. The van der Waals surface area contributed by atoms with Crippen molar-refractivity contribution in [1.82, 2.24) is 4.90 Å². The van der Waals surface area contributed by atoms with Crippen molar-refractivity contribution in [2.75, 3.05) is 6.26 Å². The van der Waals surface area contributed by atoms with E-state index in [1.54, 1.807) is 0 Å². The molecule has 1 rings (SSSR count). The SMILES string of the molecule is CSC1CC(=O)N(C(C)C)C1=O.S. The summed E-state index contributed by atoms with van der Waals surface area (Å²) in [7, 11) is 0. The van der Waals surface area contributed by atoms with E-state index in [-0.39, 0.29) is 36.6 Å². The number of carbonyl (C=O) groups is 2. The van der Waals surface area contributed by atoms with Gasteiger partial charge in [0.1, 0.15) is 0 Å². The van der Waals surface area contributed by atoms with Gasteiger partial charge in [-0.25, -0.2) is 0 Å². The van der Waals surface area contributed by atoms with Crippen molar-refractivity contribution in [2.24, 2.45) is 0 Å². The van der Waals surface area contributed by atoms with Crippen molar-refractivity contribution in [3.8, 4) is 0 Å². The third-order valence-electron chi connectivity index (χ3n) is 1.94. The summed E-state index contributed by atoms with van der Waals surface area (Å²) in [5, 5.41) is -0.139.